The zero-order chi connectivity index (χ0) is 13.7. The smallest absolute Gasteiger partial charge is 0.162 e. The third kappa shape index (κ3) is 3.23. The molecule has 0 saturated carbocycles. The van der Waals surface area contributed by atoms with E-state index in [9.17, 15) is 5.11 Å². The number of ether oxygens (including phenoxy) is 1. The van der Waals surface area contributed by atoms with Crippen LogP contribution in [0, 0.1) is 0 Å². The lowest BCUT2D eigenvalue weighted by atomic mass is 10.1. The Bertz CT molecular complexity index is 529. The SMILES string of the molecule is COc1cccc(CN[C@@H](C)c2ccncc2)c1O. The van der Waals surface area contributed by atoms with E-state index in [1.165, 1.54) is 0 Å². The second-order valence-electron chi connectivity index (χ2n) is 4.35. The van der Waals surface area contributed by atoms with Gasteiger partial charge < -0.3 is 15.2 Å². The summed E-state index contributed by atoms with van der Waals surface area (Å²) in [6.45, 7) is 2.65. The lowest BCUT2D eigenvalue weighted by molar-refractivity contribution is 0.369. The van der Waals surface area contributed by atoms with Gasteiger partial charge in [0.2, 0.25) is 0 Å². The van der Waals surface area contributed by atoms with Gasteiger partial charge in [-0.15, -0.1) is 0 Å². The van der Waals surface area contributed by atoms with Gasteiger partial charge in [0.1, 0.15) is 0 Å². The van der Waals surface area contributed by atoms with Crippen LogP contribution in [-0.4, -0.2) is 17.2 Å². The fourth-order valence-corrected chi connectivity index (χ4v) is 1.91. The van der Waals surface area contributed by atoms with E-state index in [2.05, 4.69) is 17.2 Å². The minimum Gasteiger partial charge on any atom is -0.504 e. The normalized spacial score (nSPS) is 12.1. The van der Waals surface area contributed by atoms with Crippen molar-refractivity contribution in [2.75, 3.05) is 7.11 Å². The van der Waals surface area contributed by atoms with Crippen LogP contribution in [0.15, 0.2) is 42.7 Å². The standard InChI is InChI=1S/C15H18N2O2/c1-11(12-6-8-16-9-7-12)17-10-13-4-3-5-14(19-2)15(13)18/h3-9,11,17-18H,10H2,1-2H3/t11-/m0/s1. The molecule has 2 rings (SSSR count). The third-order valence-corrected chi connectivity index (χ3v) is 3.11. The van der Waals surface area contributed by atoms with E-state index in [4.69, 9.17) is 4.74 Å². The summed E-state index contributed by atoms with van der Waals surface area (Å²) in [5, 5.41) is 13.4. The maximum absolute atomic E-state index is 10.00. The Labute approximate surface area is 113 Å². The van der Waals surface area contributed by atoms with E-state index in [0.29, 0.717) is 12.3 Å². The highest BCUT2D eigenvalue weighted by molar-refractivity contribution is 5.45. The summed E-state index contributed by atoms with van der Waals surface area (Å²) < 4.78 is 5.09. The Hall–Kier alpha value is -2.07. The average Bonchev–Trinajstić information content (AvgIpc) is 2.47. The van der Waals surface area contributed by atoms with Crippen molar-refractivity contribution in [3.05, 3.63) is 53.9 Å². The van der Waals surface area contributed by atoms with Crippen molar-refractivity contribution in [3.8, 4) is 11.5 Å². The zero-order valence-corrected chi connectivity index (χ0v) is 11.1. The number of aromatic nitrogens is 1. The van der Waals surface area contributed by atoms with E-state index in [1.54, 1.807) is 25.6 Å². The second-order valence-corrected chi connectivity index (χ2v) is 4.35. The molecular weight excluding hydrogens is 240 g/mol. The minimum absolute atomic E-state index is 0.189. The Kier molecular flexibility index (Phi) is 4.36. The highest BCUT2D eigenvalue weighted by Gasteiger charge is 2.09. The van der Waals surface area contributed by atoms with Gasteiger partial charge in [0, 0.05) is 30.5 Å². The van der Waals surface area contributed by atoms with Crippen molar-refractivity contribution < 1.29 is 9.84 Å². The molecule has 0 spiro atoms. The van der Waals surface area contributed by atoms with Gasteiger partial charge in [0.05, 0.1) is 7.11 Å². The Morgan fingerprint density at radius 3 is 2.68 bits per heavy atom. The zero-order valence-electron chi connectivity index (χ0n) is 11.1. The fourth-order valence-electron chi connectivity index (χ4n) is 1.91. The molecule has 0 saturated heterocycles. The number of phenols is 1. The number of nitrogens with one attached hydrogen (secondary N) is 1. The number of para-hydroxylation sites is 1. The minimum atomic E-state index is 0.189. The van der Waals surface area contributed by atoms with Crippen molar-refractivity contribution >= 4 is 0 Å². The molecule has 2 N–H and O–H groups in total. The number of nitrogens with zero attached hydrogens (tertiary/aromatic N) is 1. The van der Waals surface area contributed by atoms with Gasteiger partial charge in [-0.05, 0) is 30.7 Å². The topological polar surface area (TPSA) is 54.4 Å². The highest BCUT2D eigenvalue weighted by atomic mass is 16.5. The Balaban J connectivity index is 2.03. The molecule has 2 aromatic rings. The number of methoxy groups -OCH3 is 1. The molecule has 1 aromatic carbocycles. The summed E-state index contributed by atoms with van der Waals surface area (Å²) >= 11 is 0. The van der Waals surface area contributed by atoms with Gasteiger partial charge in [0.25, 0.3) is 0 Å². The number of pyridine rings is 1. The van der Waals surface area contributed by atoms with Crippen LogP contribution >= 0.6 is 0 Å². The molecule has 0 fully saturated rings. The molecule has 0 bridgehead atoms. The summed E-state index contributed by atoms with van der Waals surface area (Å²) in [7, 11) is 1.55. The third-order valence-electron chi connectivity index (χ3n) is 3.11. The lowest BCUT2D eigenvalue weighted by Gasteiger charge is -2.15. The molecule has 100 valence electrons. The van der Waals surface area contributed by atoms with Gasteiger partial charge in [-0.1, -0.05) is 12.1 Å². The monoisotopic (exact) mass is 258 g/mol. The molecule has 0 amide bonds. The first-order valence-corrected chi connectivity index (χ1v) is 6.20. The molecule has 0 aliphatic carbocycles. The maximum atomic E-state index is 10.00. The van der Waals surface area contributed by atoms with Crippen molar-refractivity contribution in [2.24, 2.45) is 0 Å². The first kappa shape index (κ1) is 13.4. The summed E-state index contributed by atoms with van der Waals surface area (Å²) in [5.74, 6) is 0.690. The number of benzene rings is 1. The molecule has 1 atom stereocenters. The molecular formula is C15H18N2O2. The first-order chi connectivity index (χ1) is 9.22. The van der Waals surface area contributed by atoms with Crippen LogP contribution in [0.2, 0.25) is 0 Å². The van der Waals surface area contributed by atoms with E-state index in [-0.39, 0.29) is 11.8 Å². The quantitative estimate of drug-likeness (QED) is 0.865. The van der Waals surface area contributed by atoms with Crippen LogP contribution in [0.4, 0.5) is 0 Å². The van der Waals surface area contributed by atoms with Crippen LogP contribution in [0.5, 0.6) is 11.5 Å². The van der Waals surface area contributed by atoms with Crippen molar-refractivity contribution in [2.45, 2.75) is 19.5 Å². The van der Waals surface area contributed by atoms with Gasteiger partial charge in [0.15, 0.2) is 11.5 Å². The summed E-state index contributed by atoms with van der Waals surface area (Å²) in [5.41, 5.74) is 1.98. The molecule has 4 nitrogen and oxygen atoms in total. The highest BCUT2D eigenvalue weighted by Crippen LogP contribution is 2.29. The number of aromatic hydroxyl groups is 1. The lowest BCUT2D eigenvalue weighted by Crippen LogP contribution is -2.18. The number of phenolic OH excluding ortho intramolecular Hbond substituents is 1. The molecule has 0 aliphatic heterocycles. The molecule has 0 radical (unpaired) electrons. The predicted molar refractivity (Wildman–Crippen MR) is 74.2 cm³/mol. The van der Waals surface area contributed by atoms with Gasteiger partial charge in [-0.3, -0.25) is 4.98 Å². The summed E-state index contributed by atoms with van der Waals surface area (Å²) in [6.07, 6.45) is 3.55. The van der Waals surface area contributed by atoms with Crippen LogP contribution in [0.1, 0.15) is 24.1 Å². The van der Waals surface area contributed by atoms with Crippen LogP contribution < -0.4 is 10.1 Å². The fraction of sp³-hybridized carbons (Fsp3) is 0.267. The van der Waals surface area contributed by atoms with Crippen molar-refractivity contribution in [1.82, 2.24) is 10.3 Å². The van der Waals surface area contributed by atoms with Gasteiger partial charge in [-0.2, -0.15) is 0 Å². The van der Waals surface area contributed by atoms with Gasteiger partial charge >= 0.3 is 0 Å². The van der Waals surface area contributed by atoms with Crippen molar-refractivity contribution in [3.63, 3.8) is 0 Å². The molecule has 19 heavy (non-hydrogen) atoms. The van der Waals surface area contributed by atoms with Crippen LogP contribution in [-0.2, 0) is 6.54 Å². The Morgan fingerprint density at radius 2 is 2.00 bits per heavy atom. The van der Waals surface area contributed by atoms with E-state index < -0.39 is 0 Å². The summed E-state index contributed by atoms with van der Waals surface area (Å²) in [4.78, 5) is 4.00. The number of rotatable bonds is 5. The predicted octanol–water partition coefficient (Wildman–Crippen LogP) is 2.65. The number of hydrogen-bond acceptors (Lipinski definition) is 4. The first-order valence-electron chi connectivity index (χ1n) is 6.20. The van der Waals surface area contributed by atoms with Gasteiger partial charge in [-0.25, -0.2) is 0 Å². The van der Waals surface area contributed by atoms with E-state index in [0.717, 1.165) is 11.1 Å². The van der Waals surface area contributed by atoms with Crippen LogP contribution in [0.3, 0.4) is 0 Å². The van der Waals surface area contributed by atoms with Crippen LogP contribution in [0.25, 0.3) is 0 Å². The molecule has 1 aromatic heterocycles. The maximum Gasteiger partial charge on any atom is 0.162 e. The second kappa shape index (κ2) is 6.20. The van der Waals surface area contributed by atoms with E-state index >= 15 is 0 Å². The number of hydrogen-bond donors (Lipinski definition) is 2. The molecule has 4 heteroatoms. The van der Waals surface area contributed by atoms with E-state index in [1.807, 2.05) is 24.3 Å². The summed E-state index contributed by atoms with van der Waals surface area (Å²) in [6, 6.07) is 9.63. The average molecular weight is 258 g/mol. The molecule has 0 unspecified atom stereocenters. The Morgan fingerprint density at radius 1 is 1.26 bits per heavy atom. The molecule has 0 aliphatic rings. The molecule has 1 heterocycles. The largest absolute Gasteiger partial charge is 0.504 e. The van der Waals surface area contributed by atoms with Crippen molar-refractivity contribution in [1.29, 1.82) is 0 Å².